The van der Waals surface area contributed by atoms with Crippen molar-refractivity contribution < 1.29 is 9.21 Å². The molecule has 4 rings (SSSR count). The quantitative estimate of drug-likeness (QED) is 0.576. The van der Waals surface area contributed by atoms with E-state index >= 15 is 0 Å². The van der Waals surface area contributed by atoms with Crippen LogP contribution in [0.2, 0.25) is 0 Å². The molecular formula is C21H19N5O2. The van der Waals surface area contributed by atoms with E-state index in [1.54, 1.807) is 11.9 Å². The Morgan fingerprint density at radius 3 is 2.32 bits per heavy atom. The SMILES string of the molecule is Cc1[nH]nc(-c2ccccc2)c1C(=O)N(C)Cc1nnc(-c2ccccc2)o1. The van der Waals surface area contributed by atoms with Crippen LogP contribution in [0, 0.1) is 6.92 Å². The van der Waals surface area contributed by atoms with Gasteiger partial charge in [0.1, 0.15) is 5.69 Å². The fourth-order valence-electron chi connectivity index (χ4n) is 2.98. The molecule has 0 unspecified atom stereocenters. The number of carbonyl (C=O) groups excluding carboxylic acids is 1. The number of nitrogens with zero attached hydrogens (tertiary/aromatic N) is 4. The van der Waals surface area contributed by atoms with E-state index in [0.29, 0.717) is 28.7 Å². The van der Waals surface area contributed by atoms with E-state index in [1.807, 2.05) is 67.6 Å². The van der Waals surface area contributed by atoms with Crippen molar-refractivity contribution in [3.05, 3.63) is 77.8 Å². The molecule has 0 atom stereocenters. The van der Waals surface area contributed by atoms with Gasteiger partial charge in [0.05, 0.1) is 12.1 Å². The molecule has 140 valence electrons. The summed E-state index contributed by atoms with van der Waals surface area (Å²) in [6.07, 6.45) is 0. The van der Waals surface area contributed by atoms with Crippen LogP contribution < -0.4 is 0 Å². The van der Waals surface area contributed by atoms with Crippen molar-refractivity contribution >= 4 is 5.91 Å². The first-order valence-corrected chi connectivity index (χ1v) is 8.87. The van der Waals surface area contributed by atoms with Crippen molar-refractivity contribution in [2.45, 2.75) is 13.5 Å². The predicted molar refractivity (Wildman–Crippen MR) is 104 cm³/mol. The standard InChI is InChI=1S/C21H19N5O2/c1-14-18(19(24-22-14)15-9-5-3-6-10-15)21(27)26(2)13-17-23-25-20(28-17)16-11-7-4-8-12-16/h3-12H,13H2,1-2H3,(H,22,24). The molecule has 2 heterocycles. The highest BCUT2D eigenvalue weighted by Crippen LogP contribution is 2.25. The number of H-pyrrole nitrogens is 1. The Hall–Kier alpha value is -3.74. The summed E-state index contributed by atoms with van der Waals surface area (Å²) in [5.41, 5.74) is 3.60. The molecule has 0 aliphatic rings. The van der Waals surface area contributed by atoms with Crippen LogP contribution in [0.15, 0.2) is 65.1 Å². The van der Waals surface area contributed by atoms with Crippen LogP contribution in [-0.4, -0.2) is 38.2 Å². The molecule has 0 saturated heterocycles. The maximum absolute atomic E-state index is 13.1. The third-order valence-corrected chi connectivity index (χ3v) is 4.42. The summed E-state index contributed by atoms with van der Waals surface area (Å²) in [5, 5.41) is 15.4. The minimum absolute atomic E-state index is 0.162. The topological polar surface area (TPSA) is 87.9 Å². The number of nitrogens with one attached hydrogen (secondary N) is 1. The van der Waals surface area contributed by atoms with E-state index in [9.17, 15) is 4.79 Å². The Labute approximate surface area is 162 Å². The van der Waals surface area contributed by atoms with Crippen molar-refractivity contribution in [3.63, 3.8) is 0 Å². The molecule has 7 heteroatoms. The molecule has 7 nitrogen and oxygen atoms in total. The van der Waals surface area contributed by atoms with Crippen molar-refractivity contribution in [1.82, 2.24) is 25.3 Å². The van der Waals surface area contributed by atoms with Gasteiger partial charge in [-0.3, -0.25) is 9.89 Å². The Bertz CT molecular complexity index is 1090. The minimum Gasteiger partial charge on any atom is -0.419 e. The first-order valence-electron chi connectivity index (χ1n) is 8.87. The van der Waals surface area contributed by atoms with Crippen LogP contribution in [0.4, 0.5) is 0 Å². The fourth-order valence-corrected chi connectivity index (χ4v) is 2.98. The lowest BCUT2D eigenvalue weighted by atomic mass is 10.1. The summed E-state index contributed by atoms with van der Waals surface area (Å²) in [7, 11) is 1.70. The summed E-state index contributed by atoms with van der Waals surface area (Å²) in [6.45, 7) is 2.04. The van der Waals surface area contributed by atoms with Gasteiger partial charge in [-0.15, -0.1) is 10.2 Å². The maximum atomic E-state index is 13.1. The number of aromatic amines is 1. The second-order valence-electron chi connectivity index (χ2n) is 6.47. The Balaban J connectivity index is 1.55. The zero-order chi connectivity index (χ0) is 19.5. The molecule has 4 aromatic rings. The van der Waals surface area contributed by atoms with Gasteiger partial charge in [-0.25, -0.2) is 0 Å². The zero-order valence-corrected chi connectivity index (χ0v) is 15.6. The number of benzene rings is 2. The Morgan fingerprint density at radius 1 is 1.00 bits per heavy atom. The van der Waals surface area contributed by atoms with Crippen LogP contribution in [0.5, 0.6) is 0 Å². The Morgan fingerprint density at radius 2 is 1.64 bits per heavy atom. The van der Waals surface area contributed by atoms with Crippen LogP contribution in [-0.2, 0) is 6.54 Å². The molecular weight excluding hydrogens is 354 g/mol. The number of hydrogen-bond acceptors (Lipinski definition) is 5. The first kappa shape index (κ1) is 17.7. The van der Waals surface area contributed by atoms with Crippen LogP contribution in [0.1, 0.15) is 21.9 Å². The smallest absolute Gasteiger partial charge is 0.258 e. The van der Waals surface area contributed by atoms with Crippen LogP contribution in [0.25, 0.3) is 22.7 Å². The van der Waals surface area contributed by atoms with Crippen molar-refractivity contribution in [1.29, 1.82) is 0 Å². The van der Waals surface area contributed by atoms with Crippen molar-refractivity contribution in [3.8, 4) is 22.7 Å². The predicted octanol–water partition coefficient (Wildman–Crippen LogP) is 3.71. The zero-order valence-electron chi connectivity index (χ0n) is 15.6. The summed E-state index contributed by atoms with van der Waals surface area (Å²) >= 11 is 0. The van der Waals surface area contributed by atoms with Gasteiger partial charge in [0, 0.05) is 23.9 Å². The first-order chi connectivity index (χ1) is 13.6. The molecule has 0 bridgehead atoms. The van der Waals surface area contributed by atoms with E-state index in [-0.39, 0.29) is 12.5 Å². The molecule has 1 N–H and O–H groups in total. The minimum atomic E-state index is -0.162. The highest BCUT2D eigenvalue weighted by atomic mass is 16.4. The van der Waals surface area contributed by atoms with Gasteiger partial charge < -0.3 is 9.32 Å². The van der Waals surface area contributed by atoms with Crippen molar-refractivity contribution in [2.75, 3.05) is 7.05 Å². The molecule has 28 heavy (non-hydrogen) atoms. The van der Waals surface area contributed by atoms with E-state index in [4.69, 9.17) is 4.42 Å². The van der Waals surface area contributed by atoms with E-state index in [2.05, 4.69) is 20.4 Å². The molecule has 2 aromatic heterocycles. The molecule has 0 radical (unpaired) electrons. The van der Waals surface area contributed by atoms with E-state index in [1.165, 1.54) is 0 Å². The monoisotopic (exact) mass is 373 g/mol. The Kier molecular flexibility index (Phi) is 4.72. The number of rotatable bonds is 5. The fraction of sp³-hybridized carbons (Fsp3) is 0.143. The molecule has 0 saturated carbocycles. The number of hydrogen-bond donors (Lipinski definition) is 1. The van der Waals surface area contributed by atoms with Gasteiger partial charge in [-0.05, 0) is 19.1 Å². The third kappa shape index (κ3) is 3.42. The lowest BCUT2D eigenvalue weighted by Gasteiger charge is -2.15. The average molecular weight is 373 g/mol. The van der Waals surface area contributed by atoms with Gasteiger partial charge in [-0.2, -0.15) is 5.10 Å². The second-order valence-corrected chi connectivity index (χ2v) is 6.47. The van der Waals surface area contributed by atoms with Crippen LogP contribution >= 0.6 is 0 Å². The largest absolute Gasteiger partial charge is 0.419 e. The van der Waals surface area contributed by atoms with E-state index < -0.39 is 0 Å². The molecule has 0 fully saturated rings. The number of aryl methyl sites for hydroxylation is 1. The number of carbonyl (C=O) groups is 1. The molecule has 0 aliphatic heterocycles. The lowest BCUT2D eigenvalue weighted by Crippen LogP contribution is -2.27. The highest BCUT2D eigenvalue weighted by molar-refractivity contribution is 6.00. The average Bonchev–Trinajstić information content (AvgIpc) is 3.35. The summed E-state index contributed by atoms with van der Waals surface area (Å²) < 4.78 is 5.71. The van der Waals surface area contributed by atoms with Crippen molar-refractivity contribution in [2.24, 2.45) is 0 Å². The summed E-state index contributed by atoms with van der Waals surface area (Å²) in [6, 6.07) is 19.1. The van der Waals surface area contributed by atoms with Crippen LogP contribution in [0.3, 0.4) is 0 Å². The normalized spacial score (nSPS) is 10.8. The van der Waals surface area contributed by atoms with Gasteiger partial charge >= 0.3 is 0 Å². The summed E-state index contributed by atoms with van der Waals surface area (Å²) in [5.74, 6) is 0.641. The van der Waals surface area contributed by atoms with Gasteiger partial charge in [-0.1, -0.05) is 48.5 Å². The lowest BCUT2D eigenvalue weighted by molar-refractivity contribution is 0.0773. The van der Waals surface area contributed by atoms with Gasteiger partial charge in [0.2, 0.25) is 11.8 Å². The number of amides is 1. The second kappa shape index (κ2) is 7.48. The van der Waals surface area contributed by atoms with E-state index in [0.717, 1.165) is 11.1 Å². The third-order valence-electron chi connectivity index (χ3n) is 4.42. The highest BCUT2D eigenvalue weighted by Gasteiger charge is 2.23. The molecule has 1 amide bonds. The molecule has 2 aromatic carbocycles. The number of aromatic nitrogens is 4. The molecule has 0 aliphatic carbocycles. The summed E-state index contributed by atoms with van der Waals surface area (Å²) in [4.78, 5) is 14.6. The van der Waals surface area contributed by atoms with Gasteiger partial charge in [0.15, 0.2) is 0 Å². The van der Waals surface area contributed by atoms with Gasteiger partial charge in [0.25, 0.3) is 5.91 Å². The maximum Gasteiger partial charge on any atom is 0.258 e. The molecule has 0 spiro atoms.